The summed E-state index contributed by atoms with van der Waals surface area (Å²) in [6.07, 6.45) is 6.59. The molecule has 0 bridgehead atoms. The van der Waals surface area contributed by atoms with E-state index in [9.17, 15) is 14.4 Å². The number of imide groups is 1. The van der Waals surface area contributed by atoms with Crippen LogP contribution >= 0.6 is 0 Å². The highest BCUT2D eigenvalue weighted by Crippen LogP contribution is 2.33. The fourth-order valence-electron chi connectivity index (χ4n) is 2.07. The molecule has 2 aliphatic rings. The minimum Gasteiger partial charge on any atom is -0.478 e. The molecule has 1 saturated heterocycles. The van der Waals surface area contributed by atoms with E-state index in [1.807, 2.05) is 6.92 Å². The van der Waals surface area contributed by atoms with Crippen LogP contribution in [0.2, 0.25) is 0 Å². The molecule has 106 valence electrons. The standard InChI is InChI=1S/C8H11NO2.C3H4O2.C3H6/c10-7-5-3-1-2-4-6(5)8(11)9-7;1-2-3(4)5;1-3-2/h5-6H,1-4H2,(H,9,10,11);2H,1H2,(H,4,5);3H,1H2,2H3. The quantitative estimate of drug-likeness (QED) is 0.432. The maximum atomic E-state index is 11.1. The molecule has 0 aromatic carbocycles. The average Bonchev–Trinajstić information content (AvgIpc) is 2.67. The Morgan fingerprint density at radius 3 is 1.79 bits per heavy atom. The molecule has 2 unspecified atom stereocenters. The zero-order chi connectivity index (χ0) is 14.8. The summed E-state index contributed by atoms with van der Waals surface area (Å²) < 4.78 is 0. The summed E-state index contributed by atoms with van der Waals surface area (Å²) in [5.41, 5.74) is 0. The third-order valence-electron chi connectivity index (χ3n) is 2.86. The molecule has 1 aliphatic heterocycles. The van der Waals surface area contributed by atoms with Crippen LogP contribution in [0.3, 0.4) is 0 Å². The Kier molecular flexibility index (Phi) is 8.17. The number of carboxylic acid groups (broad SMARTS) is 1. The van der Waals surface area contributed by atoms with Gasteiger partial charge in [0.15, 0.2) is 0 Å². The summed E-state index contributed by atoms with van der Waals surface area (Å²) in [6.45, 7) is 8.21. The van der Waals surface area contributed by atoms with Crippen molar-refractivity contribution in [2.45, 2.75) is 32.6 Å². The molecule has 5 nitrogen and oxygen atoms in total. The number of hydrogen-bond acceptors (Lipinski definition) is 3. The summed E-state index contributed by atoms with van der Waals surface area (Å²) in [5, 5.41) is 9.99. The molecular weight excluding hydrogens is 246 g/mol. The van der Waals surface area contributed by atoms with Crippen molar-refractivity contribution in [1.29, 1.82) is 0 Å². The number of hydrogen-bond donors (Lipinski definition) is 2. The molecule has 19 heavy (non-hydrogen) atoms. The van der Waals surface area contributed by atoms with Gasteiger partial charge in [0.2, 0.25) is 11.8 Å². The number of amides is 2. The van der Waals surface area contributed by atoms with E-state index in [1.54, 1.807) is 6.08 Å². The van der Waals surface area contributed by atoms with Crippen LogP contribution < -0.4 is 5.32 Å². The van der Waals surface area contributed by atoms with Gasteiger partial charge in [0.25, 0.3) is 0 Å². The van der Waals surface area contributed by atoms with Gasteiger partial charge in [-0.2, -0.15) is 0 Å². The fourth-order valence-corrected chi connectivity index (χ4v) is 2.07. The Balaban J connectivity index is 0.000000344. The monoisotopic (exact) mass is 267 g/mol. The van der Waals surface area contributed by atoms with Crippen LogP contribution in [0.15, 0.2) is 25.3 Å². The SMILES string of the molecule is C=CC.C=CC(=O)O.O=C1NC(=O)C2CCCCC12. The van der Waals surface area contributed by atoms with Crippen molar-refractivity contribution in [2.75, 3.05) is 0 Å². The molecule has 0 aromatic rings. The second-order valence-corrected chi connectivity index (χ2v) is 4.30. The van der Waals surface area contributed by atoms with E-state index >= 15 is 0 Å². The molecular formula is C14H21NO4. The highest BCUT2D eigenvalue weighted by molar-refractivity contribution is 6.05. The van der Waals surface area contributed by atoms with Crippen molar-refractivity contribution < 1.29 is 19.5 Å². The lowest BCUT2D eigenvalue weighted by Gasteiger charge is -2.19. The molecule has 0 spiro atoms. The molecule has 2 N–H and O–H groups in total. The summed E-state index contributed by atoms with van der Waals surface area (Å²) in [5.74, 6) is -1.04. The predicted octanol–water partition coefficient (Wildman–Crippen LogP) is 1.90. The van der Waals surface area contributed by atoms with Crippen LogP contribution in [0.25, 0.3) is 0 Å². The second kappa shape index (κ2) is 9.08. The molecule has 1 saturated carbocycles. The van der Waals surface area contributed by atoms with E-state index < -0.39 is 5.97 Å². The van der Waals surface area contributed by atoms with Crippen LogP contribution in [-0.4, -0.2) is 22.9 Å². The third kappa shape index (κ3) is 5.99. The molecule has 2 fully saturated rings. The van der Waals surface area contributed by atoms with Gasteiger partial charge in [-0.05, 0) is 19.8 Å². The van der Waals surface area contributed by atoms with Crippen LogP contribution in [0.4, 0.5) is 0 Å². The van der Waals surface area contributed by atoms with Gasteiger partial charge in [0.1, 0.15) is 0 Å². The lowest BCUT2D eigenvalue weighted by atomic mass is 9.81. The number of carbonyl (C=O) groups excluding carboxylic acids is 2. The summed E-state index contributed by atoms with van der Waals surface area (Å²) >= 11 is 0. The van der Waals surface area contributed by atoms with Crippen LogP contribution in [0, 0.1) is 11.8 Å². The zero-order valence-electron chi connectivity index (χ0n) is 11.2. The van der Waals surface area contributed by atoms with Crippen molar-refractivity contribution in [2.24, 2.45) is 11.8 Å². The maximum Gasteiger partial charge on any atom is 0.327 e. The smallest absolute Gasteiger partial charge is 0.327 e. The van der Waals surface area contributed by atoms with E-state index in [4.69, 9.17) is 5.11 Å². The van der Waals surface area contributed by atoms with Gasteiger partial charge in [0, 0.05) is 17.9 Å². The number of carboxylic acids is 1. The van der Waals surface area contributed by atoms with Gasteiger partial charge < -0.3 is 5.11 Å². The second-order valence-electron chi connectivity index (χ2n) is 4.30. The predicted molar refractivity (Wildman–Crippen MR) is 72.3 cm³/mol. The number of rotatable bonds is 1. The number of carbonyl (C=O) groups is 3. The van der Waals surface area contributed by atoms with Gasteiger partial charge in [-0.1, -0.05) is 25.5 Å². The number of aliphatic carboxylic acids is 1. The number of fused-ring (bicyclic) bond motifs is 1. The lowest BCUT2D eigenvalue weighted by molar-refractivity contribution is -0.131. The van der Waals surface area contributed by atoms with Gasteiger partial charge in [-0.3, -0.25) is 14.9 Å². The molecule has 1 heterocycles. The largest absolute Gasteiger partial charge is 0.478 e. The number of nitrogens with one attached hydrogen (secondary N) is 1. The Labute approximate surface area is 113 Å². The highest BCUT2D eigenvalue weighted by Gasteiger charge is 2.42. The topological polar surface area (TPSA) is 83.5 Å². The van der Waals surface area contributed by atoms with E-state index in [0.717, 1.165) is 31.8 Å². The Hall–Kier alpha value is -1.91. The van der Waals surface area contributed by atoms with Gasteiger partial charge in [0.05, 0.1) is 0 Å². The van der Waals surface area contributed by atoms with Crippen LogP contribution in [-0.2, 0) is 14.4 Å². The Morgan fingerprint density at radius 1 is 1.21 bits per heavy atom. The molecule has 0 aromatic heterocycles. The minimum atomic E-state index is -0.981. The van der Waals surface area contributed by atoms with E-state index in [0.29, 0.717) is 0 Å². The first-order chi connectivity index (χ1) is 8.97. The van der Waals surface area contributed by atoms with Gasteiger partial charge in [-0.25, -0.2) is 4.79 Å². The van der Waals surface area contributed by atoms with Crippen molar-refractivity contribution >= 4 is 17.8 Å². The van der Waals surface area contributed by atoms with E-state index in [1.165, 1.54) is 0 Å². The molecule has 2 atom stereocenters. The van der Waals surface area contributed by atoms with Crippen molar-refractivity contribution in [1.82, 2.24) is 5.32 Å². The average molecular weight is 267 g/mol. The van der Waals surface area contributed by atoms with Crippen molar-refractivity contribution in [3.8, 4) is 0 Å². The summed E-state index contributed by atoms with van der Waals surface area (Å²) in [7, 11) is 0. The normalized spacial score (nSPS) is 23.6. The van der Waals surface area contributed by atoms with Crippen LogP contribution in [0.5, 0.6) is 0 Å². The van der Waals surface area contributed by atoms with Gasteiger partial charge >= 0.3 is 5.97 Å². The highest BCUT2D eigenvalue weighted by atomic mass is 16.4. The Bertz CT molecular complexity index is 340. The minimum absolute atomic E-state index is 0.0104. The van der Waals surface area contributed by atoms with Crippen molar-refractivity contribution in [3.63, 3.8) is 0 Å². The lowest BCUT2D eigenvalue weighted by Crippen LogP contribution is -2.21. The van der Waals surface area contributed by atoms with Crippen LogP contribution in [0.1, 0.15) is 32.6 Å². The third-order valence-corrected chi connectivity index (χ3v) is 2.86. The molecule has 2 rings (SSSR count). The molecule has 5 heteroatoms. The first-order valence-corrected chi connectivity index (χ1v) is 6.25. The molecule has 1 aliphatic carbocycles. The first kappa shape index (κ1) is 17.1. The number of allylic oxidation sites excluding steroid dienone is 1. The fraction of sp³-hybridized carbons (Fsp3) is 0.500. The molecule has 0 radical (unpaired) electrons. The maximum absolute atomic E-state index is 11.1. The summed E-state index contributed by atoms with van der Waals surface area (Å²) in [6, 6.07) is 0. The van der Waals surface area contributed by atoms with Gasteiger partial charge in [-0.15, -0.1) is 6.58 Å². The first-order valence-electron chi connectivity index (χ1n) is 6.25. The van der Waals surface area contributed by atoms with E-state index in [2.05, 4.69) is 18.5 Å². The Morgan fingerprint density at radius 2 is 1.53 bits per heavy atom. The van der Waals surface area contributed by atoms with Crippen molar-refractivity contribution in [3.05, 3.63) is 25.3 Å². The molecule has 2 amide bonds. The zero-order valence-corrected chi connectivity index (χ0v) is 11.2. The summed E-state index contributed by atoms with van der Waals surface area (Å²) in [4.78, 5) is 31.4. The van der Waals surface area contributed by atoms with E-state index in [-0.39, 0.29) is 23.7 Å².